The number of fused-ring (bicyclic) bond motifs is 12. The molecule has 12 rings (SSSR count). The molecule has 0 aliphatic rings. The number of rotatable bonds is 3. The van der Waals surface area contributed by atoms with Crippen LogP contribution in [0.3, 0.4) is 0 Å². The van der Waals surface area contributed by atoms with E-state index in [1.54, 1.807) is 0 Å². The third kappa shape index (κ3) is 4.08. The van der Waals surface area contributed by atoms with Crippen molar-refractivity contribution in [2.75, 3.05) is 0 Å². The number of hydrogen-bond donors (Lipinski definition) is 0. The fourth-order valence-electron chi connectivity index (χ4n) is 8.79. The molecule has 0 fully saturated rings. The Morgan fingerprint density at radius 1 is 0.358 bits per heavy atom. The van der Waals surface area contributed by atoms with Gasteiger partial charge in [-0.2, -0.15) is 0 Å². The van der Waals surface area contributed by atoms with E-state index in [4.69, 9.17) is 8.83 Å². The van der Waals surface area contributed by atoms with E-state index in [0.717, 1.165) is 49.8 Å². The Morgan fingerprint density at radius 3 is 1.75 bits per heavy atom. The smallest absolute Gasteiger partial charge is 0.153 e. The van der Waals surface area contributed by atoms with Crippen LogP contribution in [0.15, 0.2) is 179 Å². The lowest BCUT2D eigenvalue weighted by molar-refractivity contribution is 0.636. The molecular weight excluding hydrogens is 665 g/mol. The average molecular weight is 693 g/mol. The van der Waals surface area contributed by atoms with Crippen molar-refractivity contribution in [1.82, 2.24) is 0 Å². The van der Waals surface area contributed by atoms with E-state index >= 15 is 0 Å². The molecule has 0 radical (unpaired) electrons. The first-order valence-corrected chi connectivity index (χ1v) is 18.8. The minimum absolute atomic E-state index is 0.897. The van der Waals surface area contributed by atoms with Crippen LogP contribution in [0.5, 0.6) is 0 Å². The third-order valence-electron chi connectivity index (χ3n) is 11.1. The van der Waals surface area contributed by atoms with E-state index in [0.29, 0.717) is 0 Å². The molecule has 0 saturated carbocycles. The summed E-state index contributed by atoms with van der Waals surface area (Å²) in [5, 5.41) is 13.1. The Kier molecular flexibility index (Phi) is 5.96. The fraction of sp³-hybridized carbons (Fsp3) is 0. The van der Waals surface area contributed by atoms with Gasteiger partial charge in [-0.15, -0.1) is 11.3 Å². The van der Waals surface area contributed by atoms with Crippen molar-refractivity contribution < 1.29 is 8.83 Å². The summed E-state index contributed by atoms with van der Waals surface area (Å²) < 4.78 is 15.9. The van der Waals surface area contributed by atoms with Gasteiger partial charge in [0.1, 0.15) is 16.9 Å². The number of furan rings is 2. The summed E-state index contributed by atoms with van der Waals surface area (Å²) in [7, 11) is 0. The van der Waals surface area contributed by atoms with Crippen molar-refractivity contribution in [3.8, 4) is 33.6 Å². The molecule has 0 amide bonds. The molecule has 246 valence electrons. The molecule has 0 bridgehead atoms. The SMILES string of the molecule is c1ccc(-c2oc3c(ccc4c5ccccc5sc43)c2-c2c3ccccc3c(-c3ccc4ccc5oc6ccccc6c5c4c3)c3ccccc23)cc1. The Balaban J connectivity index is 1.21. The molecule has 0 aliphatic heterocycles. The largest absolute Gasteiger partial charge is 0.456 e. The Labute approximate surface area is 307 Å². The van der Waals surface area contributed by atoms with Gasteiger partial charge in [-0.3, -0.25) is 0 Å². The van der Waals surface area contributed by atoms with Crippen LogP contribution in [-0.4, -0.2) is 0 Å². The van der Waals surface area contributed by atoms with E-state index in [2.05, 4.69) is 164 Å². The van der Waals surface area contributed by atoms with Gasteiger partial charge in [0.15, 0.2) is 5.58 Å². The average Bonchev–Trinajstić information content (AvgIpc) is 3.92. The maximum atomic E-state index is 7.11. The van der Waals surface area contributed by atoms with Gasteiger partial charge < -0.3 is 8.83 Å². The highest BCUT2D eigenvalue weighted by molar-refractivity contribution is 7.26. The lowest BCUT2D eigenvalue weighted by Crippen LogP contribution is -1.92. The molecule has 0 saturated heterocycles. The van der Waals surface area contributed by atoms with Crippen LogP contribution in [0.25, 0.3) is 119 Å². The normalized spacial score (nSPS) is 12.2. The zero-order chi connectivity index (χ0) is 34.6. The van der Waals surface area contributed by atoms with Crippen molar-refractivity contribution in [2.24, 2.45) is 0 Å². The van der Waals surface area contributed by atoms with E-state index < -0.39 is 0 Å². The van der Waals surface area contributed by atoms with Crippen molar-refractivity contribution in [1.29, 1.82) is 0 Å². The summed E-state index contributed by atoms with van der Waals surface area (Å²) in [4.78, 5) is 0. The van der Waals surface area contributed by atoms with E-state index in [-0.39, 0.29) is 0 Å². The Morgan fingerprint density at radius 2 is 0.981 bits per heavy atom. The second kappa shape index (κ2) is 10.9. The minimum Gasteiger partial charge on any atom is -0.456 e. The van der Waals surface area contributed by atoms with Gasteiger partial charge in [-0.05, 0) is 73.8 Å². The standard InChI is InChI=1S/C50H28O2S/c1-2-12-30(13-3-1)48-47(39-26-25-37-32-14-9-11-21-43(32)53-50(37)49(39)52-48)46-35-17-6-4-15-33(35)44(34-16-5-7-18-36(34)46)31-23-22-29-24-27-42-45(40(29)28-31)38-19-8-10-20-41(38)51-42/h1-28H. The van der Waals surface area contributed by atoms with E-state index in [1.807, 2.05) is 17.4 Å². The Hall–Kier alpha value is -6.68. The molecule has 0 atom stereocenters. The lowest BCUT2D eigenvalue weighted by Gasteiger charge is -2.18. The topological polar surface area (TPSA) is 26.3 Å². The molecule has 2 nitrogen and oxygen atoms in total. The molecule has 3 heterocycles. The van der Waals surface area contributed by atoms with Crippen molar-refractivity contribution >= 4 is 96.7 Å². The Bertz CT molecular complexity index is 3390. The van der Waals surface area contributed by atoms with Crippen molar-refractivity contribution in [3.05, 3.63) is 170 Å². The molecular formula is C50H28O2S. The van der Waals surface area contributed by atoms with Crippen LogP contribution in [0.1, 0.15) is 0 Å². The summed E-state index contributed by atoms with van der Waals surface area (Å²) in [6.07, 6.45) is 0. The quantitative estimate of drug-likeness (QED) is 0.172. The van der Waals surface area contributed by atoms with Gasteiger partial charge in [0.2, 0.25) is 0 Å². The summed E-state index contributed by atoms with van der Waals surface area (Å²) in [6.45, 7) is 0. The maximum absolute atomic E-state index is 7.11. The fourth-order valence-corrected chi connectivity index (χ4v) is 9.97. The van der Waals surface area contributed by atoms with Gasteiger partial charge in [0, 0.05) is 48.3 Å². The molecule has 0 unspecified atom stereocenters. The molecule has 53 heavy (non-hydrogen) atoms. The highest BCUT2D eigenvalue weighted by Crippen LogP contribution is 2.52. The minimum atomic E-state index is 0.897. The van der Waals surface area contributed by atoms with Gasteiger partial charge in [0.25, 0.3) is 0 Å². The second-order valence-corrected chi connectivity index (χ2v) is 15.0. The van der Waals surface area contributed by atoms with Crippen LogP contribution in [0, 0.1) is 0 Å². The first-order chi connectivity index (χ1) is 26.3. The summed E-state index contributed by atoms with van der Waals surface area (Å²) in [5.41, 5.74) is 8.58. The zero-order valence-electron chi connectivity index (χ0n) is 28.4. The number of para-hydroxylation sites is 1. The molecule has 0 spiro atoms. The first-order valence-electron chi connectivity index (χ1n) is 18.0. The van der Waals surface area contributed by atoms with Gasteiger partial charge >= 0.3 is 0 Å². The predicted octanol–water partition coefficient (Wildman–Crippen LogP) is 15.2. The third-order valence-corrected chi connectivity index (χ3v) is 12.3. The van der Waals surface area contributed by atoms with Crippen LogP contribution >= 0.6 is 11.3 Å². The number of thiophene rings is 1. The molecule has 3 heteroatoms. The number of hydrogen-bond acceptors (Lipinski definition) is 3. The monoisotopic (exact) mass is 692 g/mol. The van der Waals surface area contributed by atoms with Gasteiger partial charge in [-0.1, -0.05) is 140 Å². The molecule has 0 N–H and O–H groups in total. The predicted molar refractivity (Wildman–Crippen MR) is 225 cm³/mol. The van der Waals surface area contributed by atoms with E-state index in [9.17, 15) is 0 Å². The molecule has 0 aliphatic carbocycles. The van der Waals surface area contributed by atoms with Crippen LogP contribution in [0.2, 0.25) is 0 Å². The summed E-state index contributed by atoms with van der Waals surface area (Å²) in [6, 6.07) is 61.2. The molecule has 3 aromatic heterocycles. The van der Waals surface area contributed by atoms with Crippen LogP contribution in [0.4, 0.5) is 0 Å². The van der Waals surface area contributed by atoms with Gasteiger partial charge in [-0.25, -0.2) is 0 Å². The number of benzene rings is 9. The van der Waals surface area contributed by atoms with E-state index in [1.165, 1.54) is 69.2 Å². The molecule has 9 aromatic carbocycles. The first kappa shape index (κ1) is 29.0. The highest BCUT2D eigenvalue weighted by atomic mass is 32.1. The maximum Gasteiger partial charge on any atom is 0.153 e. The second-order valence-electron chi connectivity index (χ2n) is 13.9. The van der Waals surface area contributed by atoms with Crippen molar-refractivity contribution in [2.45, 2.75) is 0 Å². The lowest BCUT2D eigenvalue weighted by atomic mass is 9.84. The summed E-state index contributed by atoms with van der Waals surface area (Å²) in [5.74, 6) is 0.897. The van der Waals surface area contributed by atoms with Gasteiger partial charge in [0.05, 0.1) is 4.70 Å². The van der Waals surface area contributed by atoms with Crippen LogP contribution < -0.4 is 0 Å². The van der Waals surface area contributed by atoms with Crippen molar-refractivity contribution in [3.63, 3.8) is 0 Å². The zero-order valence-corrected chi connectivity index (χ0v) is 29.2. The highest BCUT2D eigenvalue weighted by Gasteiger charge is 2.26. The molecule has 12 aromatic rings. The summed E-state index contributed by atoms with van der Waals surface area (Å²) >= 11 is 1.81. The van der Waals surface area contributed by atoms with Crippen LogP contribution in [-0.2, 0) is 0 Å².